The number of aromatic amines is 1. The Morgan fingerprint density at radius 3 is 3.04 bits per heavy atom. The van der Waals surface area contributed by atoms with Crippen molar-refractivity contribution in [1.29, 1.82) is 0 Å². The quantitative estimate of drug-likeness (QED) is 0.678. The van der Waals surface area contributed by atoms with Gasteiger partial charge in [-0.05, 0) is 42.3 Å². The van der Waals surface area contributed by atoms with Gasteiger partial charge in [-0.3, -0.25) is 0 Å². The molecule has 3 N–H and O–H groups in total. The zero-order chi connectivity index (χ0) is 16.1. The Morgan fingerprint density at radius 2 is 2.17 bits per heavy atom. The lowest BCUT2D eigenvalue weighted by Gasteiger charge is -2.08. The van der Waals surface area contributed by atoms with Crippen LogP contribution in [0.15, 0.2) is 48.8 Å². The lowest BCUT2D eigenvalue weighted by molar-refractivity contribution is 0.252. The van der Waals surface area contributed by atoms with Crippen molar-refractivity contribution in [3.63, 3.8) is 0 Å². The number of rotatable bonds is 5. The van der Waals surface area contributed by atoms with Crippen LogP contribution in [0.2, 0.25) is 0 Å². The third kappa shape index (κ3) is 3.79. The highest BCUT2D eigenvalue weighted by Gasteiger charge is 2.04. The van der Waals surface area contributed by atoms with Gasteiger partial charge >= 0.3 is 6.03 Å². The molecular formula is C17H18N4O2. The van der Waals surface area contributed by atoms with E-state index in [1.54, 1.807) is 13.4 Å². The molecule has 0 aliphatic heterocycles. The number of hydrogen-bond acceptors (Lipinski definition) is 3. The van der Waals surface area contributed by atoms with Gasteiger partial charge in [0.25, 0.3) is 0 Å². The monoisotopic (exact) mass is 310 g/mol. The third-order valence-electron chi connectivity index (χ3n) is 3.51. The molecule has 0 unspecified atom stereocenters. The summed E-state index contributed by atoms with van der Waals surface area (Å²) >= 11 is 0. The summed E-state index contributed by atoms with van der Waals surface area (Å²) in [6, 6.07) is 13.1. The van der Waals surface area contributed by atoms with Crippen LogP contribution in [-0.2, 0) is 6.42 Å². The van der Waals surface area contributed by atoms with E-state index in [9.17, 15) is 4.79 Å². The summed E-state index contributed by atoms with van der Waals surface area (Å²) < 4.78 is 5.18. The number of urea groups is 1. The summed E-state index contributed by atoms with van der Waals surface area (Å²) in [6.07, 6.45) is 2.37. The Morgan fingerprint density at radius 1 is 1.26 bits per heavy atom. The van der Waals surface area contributed by atoms with E-state index in [1.165, 1.54) is 0 Å². The number of imidazole rings is 1. The number of amides is 2. The predicted octanol–water partition coefficient (Wildman–Crippen LogP) is 2.94. The van der Waals surface area contributed by atoms with Gasteiger partial charge < -0.3 is 20.4 Å². The van der Waals surface area contributed by atoms with Crippen molar-refractivity contribution in [2.45, 2.75) is 6.42 Å². The topological polar surface area (TPSA) is 79.0 Å². The molecule has 6 nitrogen and oxygen atoms in total. The molecule has 0 aliphatic carbocycles. The molecule has 0 atom stereocenters. The van der Waals surface area contributed by atoms with Crippen LogP contribution in [0.4, 0.5) is 10.5 Å². The van der Waals surface area contributed by atoms with E-state index in [2.05, 4.69) is 20.6 Å². The van der Waals surface area contributed by atoms with E-state index in [-0.39, 0.29) is 6.03 Å². The fourth-order valence-electron chi connectivity index (χ4n) is 2.34. The lowest BCUT2D eigenvalue weighted by Crippen LogP contribution is -2.30. The third-order valence-corrected chi connectivity index (χ3v) is 3.51. The second-order valence-corrected chi connectivity index (χ2v) is 5.12. The number of H-pyrrole nitrogens is 1. The van der Waals surface area contributed by atoms with Crippen molar-refractivity contribution in [3.8, 4) is 5.75 Å². The van der Waals surface area contributed by atoms with E-state index < -0.39 is 0 Å². The van der Waals surface area contributed by atoms with Gasteiger partial charge in [-0.1, -0.05) is 12.1 Å². The molecule has 0 spiro atoms. The predicted molar refractivity (Wildman–Crippen MR) is 89.8 cm³/mol. The maximum Gasteiger partial charge on any atom is 0.319 e. The van der Waals surface area contributed by atoms with Crippen LogP contribution < -0.4 is 15.4 Å². The van der Waals surface area contributed by atoms with Crippen molar-refractivity contribution < 1.29 is 9.53 Å². The first-order valence-corrected chi connectivity index (χ1v) is 7.35. The van der Waals surface area contributed by atoms with E-state index in [1.807, 2.05) is 42.5 Å². The van der Waals surface area contributed by atoms with E-state index in [0.29, 0.717) is 6.54 Å². The number of ether oxygens (including phenoxy) is 1. The summed E-state index contributed by atoms with van der Waals surface area (Å²) in [5.74, 6) is 0.819. The molecule has 0 saturated carbocycles. The lowest BCUT2D eigenvalue weighted by atomic mass is 10.1. The molecule has 0 radical (unpaired) electrons. The summed E-state index contributed by atoms with van der Waals surface area (Å²) in [4.78, 5) is 19.1. The molecule has 6 heteroatoms. The van der Waals surface area contributed by atoms with Crippen LogP contribution >= 0.6 is 0 Å². The molecule has 0 saturated heterocycles. The van der Waals surface area contributed by atoms with E-state index in [4.69, 9.17) is 4.74 Å². The van der Waals surface area contributed by atoms with Crippen molar-refractivity contribution >= 4 is 22.8 Å². The van der Waals surface area contributed by atoms with Crippen molar-refractivity contribution in [2.24, 2.45) is 0 Å². The first kappa shape index (κ1) is 14.9. The van der Waals surface area contributed by atoms with Gasteiger partial charge in [0.05, 0.1) is 24.5 Å². The number of nitrogens with one attached hydrogen (secondary N) is 3. The van der Waals surface area contributed by atoms with E-state index in [0.717, 1.165) is 34.5 Å². The van der Waals surface area contributed by atoms with Gasteiger partial charge in [-0.15, -0.1) is 0 Å². The SMILES string of the molecule is COc1cccc(CCNC(=O)Nc2ccc3nc[nH]c3c2)c1. The fraction of sp³-hybridized carbons (Fsp3) is 0.176. The van der Waals surface area contributed by atoms with Gasteiger partial charge in [-0.2, -0.15) is 0 Å². The van der Waals surface area contributed by atoms with E-state index >= 15 is 0 Å². The second-order valence-electron chi connectivity index (χ2n) is 5.12. The van der Waals surface area contributed by atoms with Gasteiger partial charge in [0.15, 0.2) is 0 Å². The Bertz CT molecular complexity index is 813. The number of carbonyl (C=O) groups is 1. The Labute approximate surface area is 133 Å². The Kier molecular flexibility index (Phi) is 4.42. The molecule has 0 fully saturated rings. The van der Waals surface area contributed by atoms with Gasteiger partial charge in [0.2, 0.25) is 0 Å². The summed E-state index contributed by atoms with van der Waals surface area (Å²) in [7, 11) is 1.64. The zero-order valence-corrected chi connectivity index (χ0v) is 12.8. The summed E-state index contributed by atoms with van der Waals surface area (Å²) in [5, 5.41) is 5.65. The molecule has 1 aromatic heterocycles. The summed E-state index contributed by atoms with van der Waals surface area (Å²) in [6.45, 7) is 0.547. The maximum atomic E-state index is 11.9. The number of methoxy groups -OCH3 is 1. The number of benzene rings is 2. The normalized spacial score (nSPS) is 10.5. The molecule has 23 heavy (non-hydrogen) atoms. The van der Waals surface area contributed by atoms with Gasteiger partial charge in [-0.25, -0.2) is 9.78 Å². The number of anilines is 1. The Balaban J connectivity index is 1.51. The average Bonchev–Trinajstić information content (AvgIpc) is 3.02. The highest BCUT2D eigenvalue weighted by atomic mass is 16.5. The molecule has 3 aromatic rings. The molecule has 2 aromatic carbocycles. The minimum atomic E-state index is -0.230. The van der Waals surface area contributed by atoms with Crippen LogP contribution in [0, 0.1) is 0 Å². The highest BCUT2D eigenvalue weighted by Crippen LogP contribution is 2.15. The van der Waals surface area contributed by atoms with Crippen LogP contribution in [0.25, 0.3) is 11.0 Å². The fourth-order valence-corrected chi connectivity index (χ4v) is 2.34. The Hall–Kier alpha value is -3.02. The van der Waals surface area contributed by atoms with Crippen molar-refractivity contribution in [3.05, 3.63) is 54.4 Å². The van der Waals surface area contributed by atoms with Crippen LogP contribution in [-0.4, -0.2) is 29.7 Å². The first-order valence-electron chi connectivity index (χ1n) is 7.35. The van der Waals surface area contributed by atoms with Crippen molar-refractivity contribution in [1.82, 2.24) is 15.3 Å². The van der Waals surface area contributed by atoms with Crippen LogP contribution in [0.3, 0.4) is 0 Å². The van der Waals surface area contributed by atoms with Gasteiger partial charge in [0.1, 0.15) is 5.75 Å². The highest BCUT2D eigenvalue weighted by molar-refractivity contribution is 5.91. The number of aromatic nitrogens is 2. The number of nitrogens with zero attached hydrogens (tertiary/aromatic N) is 1. The smallest absolute Gasteiger partial charge is 0.319 e. The van der Waals surface area contributed by atoms with Gasteiger partial charge in [0, 0.05) is 12.2 Å². The number of hydrogen-bond donors (Lipinski definition) is 3. The molecule has 1 heterocycles. The number of fused-ring (bicyclic) bond motifs is 1. The molecule has 0 aliphatic rings. The van der Waals surface area contributed by atoms with Crippen LogP contribution in [0.5, 0.6) is 5.75 Å². The standard InChI is InChI=1S/C17H18N4O2/c1-23-14-4-2-3-12(9-14)7-8-18-17(22)21-13-5-6-15-16(10-13)20-11-19-15/h2-6,9-11H,7-8H2,1H3,(H,19,20)(H2,18,21,22). The zero-order valence-electron chi connectivity index (χ0n) is 12.8. The van der Waals surface area contributed by atoms with Crippen molar-refractivity contribution in [2.75, 3.05) is 19.0 Å². The first-order chi connectivity index (χ1) is 11.2. The van der Waals surface area contributed by atoms with Crippen LogP contribution in [0.1, 0.15) is 5.56 Å². The molecule has 0 bridgehead atoms. The minimum absolute atomic E-state index is 0.230. The molecule has 2 amide bonds. The number of carbonyl (C=O) groups excluding carboxylic acids is 1. The summed E-state index contributed by atoms with van der Waals surface area (Å²) in [5.41, 5.74) is 3.59. The average molecular weight is 310 g/mol. The largest absolute Gasteiger partial charge is 0.497 e. The minimum Gasteiger partial charge on any atom is -0.497 e. The second kappa shape index (κ2) is 6.83. The molecule has 118 valence electrons. The molecule has 3 rings (SSSR count). The molecular weight excluding hydrogens is 292 g/mol. The maximum absolute atomic E-state index is 11.9.